The zero-order valence-corrected chi connectivity index (χ0v) is 11.7. The van der Waals surface area contributed by atoms with Crippen molar-refractivity contribution >= 4 is 16.8 Å². The Morgan fingerprint density at radius 2 is 2.40 bits per heavy atom. The van der Waals surface area contributed by atoms with E-state index in [0.717, 1.165) is 30.3 Å². The van der Waals surface area contributed by atoms with Gasteiger partial charge in [-0.15, -0.1) is 0 Å². The number of benzene rings is 1. The molecule has 2 heterocycles. The van der Waals surface area contributed by atoms with E-state index in [1.54, 1.807) is 6.20 Å². The number of H-pyrrole nitrogens is 1. The van der Waals surface area contributed by atoms with Gasteiger partial charge < -0.3 is 10.6 Å². The molecule has 1 fully saturated rings. The molecule has 3 rings (SSSR count). The smallest absolute Gasteiger partial charge is 0.254 e. The number of aromatic nitrogens is 2. The molecular weight excluding hydrogens is 252 g/mol. The molecule has 0 saturated carbocycles. The summed E-state index contributed by atoms with van der Waals surface area (Å²) in [5, 5.41) is 7.85. The molecule has 1 amide bonds. The number of hydrogen-bond donors (Lipinski definition) is 2. The second-order valence-corrected chi connectivity index (χ2v) is 5.59. The van der Waals surface area contributed by atoms with Crippen molar-refractivity contribution < 1.29 is 4.79 Å². The molecular formula is C15H20N4O. The fraction of sp³-hybridized carbons (Fsp3) is 0.467. The third-order valence-corrected chi connectivity index (χ3v) is 4.31. The Balaban J connectivity index is 1.90. The summed E-state index contributed by atoms with van der Waals surface area (Å²) in [5.41, 5.74) is 7.53. The number of rotatable bonds is 2. The van der Waals surface area contributed by atoms with E-state index >= 15 is 0 Å². The van der Waals surface area contributed by atoms with Crippen molar-refractivity contribution in [2.75, 3.05) is 13.1 Å². The summed E-state index contributed by atoms with van der Waals surface area (Å²) in [6.07, 6.45) is 3.94. The second kappa shape index (κ2) is 5.25. The molecule has 20 heavy (non-hydrogen) atoms. The molecule has 0 unspecified atom stereocenters. The van der Waals surface area contributed by atoms with Gasteiger partial charge in [0.1, 0.15) is 0 Å². The number of aromatic amines is 1. The van der Waals surface area contributed by atoms with Gasteiger partial charge in [0.2, 0.25) is 0 Å². The lowest BCUT2D eigenvalue weighted by Crippen LogP contribution is -2.51. The fourth-order valence-corrected chi connectivity index (χ4v) is 3.10. The van der Waals surface area contributed by atoms with Gasteiger partial charge in [-0.25, -0.2) is 0 Å². The van der Waals surface area contributed by atoms with Crippen LogP contribution in [-0.4, -0.2) is 40.1 Å². The molecule has 2 aromatic rings. The van der Waals surface area contributed by atoms with Crippen molar-refractivity contribution in [3.63, 3.8) is 0 Å². The monoisotopic (exact) mass is 272 g/mol. The lowest BCUT2D eigenvalue weighted by Gasteiger charge is -2.39. The van der Waals surface area contributed by atoms with Crippen molar-refractivity contribution in [1.82, 2.24) is 15.1 Å². The van der Waals surface area contributed by atoms with E-state index in [1.807, 2.05) is 23.1 Å². The third-order valence-electron chi connectivity index (χ3n) is 4.31. The largest absolute Gasteiger partial charge is 0.334 e. The van der Waals surface area contributed by atoms with Gasteiger partial charge in [-0.3, -0.25) is 9.89 Å². The van der Waals surface area contributed by atoms with Crippen molar-refractivity contribution in [2.45, 2.75) is 25.8 Å². The maximum Gasteiger partial charge on any atom is 0.254 e. The number of piperidine rings is 1. The summed E-state index contributed by atoms with van der Waals surface area (Å²) < 4.78 is 0. The minimum Gasteiger partial charge on any atom is -0.334 e. The molecule has 5 heteroatoms. The van der Waals surface area contributed by atoms with Crippen LogP contribution in [0.4, 0.5) is 0 Å². The number of amides is 1. The molecule has 1 aromatic heterocycles. The Morgan fingerprint density at radius 1 is 1.55 bits per heavy atom. The van der Waals surface area contributed by atoms with Crippen LogP contribution in [0.3, 0.4) is 0 Å². The number of fused-ring (bicyclic) bond motifs is 1. The SMILES string of the molecule is C[C@@H]1CCCN(C(=O)c2ccc3[nH]ncc3c2)[C@@H]1CN. The Labute approximate surface area is 118 Å². The standard InChI is InChI=1S/C15H20N4O/c1-10-3-2-6-19(14(10)8-16)15(20)11-4-5-13-12(7-11)9-17-18-13/h4-5,7,9-10,14H,2-3,6,8,16H2,1H3,(H,17,18)/t10-,14-/m1/s1. The molecule has 1 aliphatic heterocycles. The summed E-state index contributed by atoms with van der Waals surface area (Å²) in [4.78, 5) is 14.7. The summed E-state index contributed by atoms with van der Waals surface area (Å²) in [6, 6.07) is 5.81. The molecule has 0 spiro atoms. The van der Waals surface area contributed by atoms with Crippen LogP contribution in [-0.2, 0) is 0 Å². The van der Waals surface area contributed by atoms with Crippen molar-refractivity contribution in [3.05, 3.63) is 30.0 Å². The highest BCUT2D eigenvalue weighted by atomic mass is 16.2. The maximum atomic E-state index is 12.7. The van der Waals surface area contributed by atoms with Crippen LogP contribution >= 0.6 is 0 Å². The predicted octanol–water partition coefficient (Wildman–Crippen LogP) is 1.76. The minimum atomic E-state index is 0.0788. The van der Waals surface area contributed by atoms with Gasteiger partial charge >= 0.3 is 0 Å². The Hall–Kier alpha value is -1.88. The number of hydrogen-bond acceptors (Lipinski definition) is 3. The maximum absolute atomic E-state index is 12.7. The van der Waals surface area contributed by atoms with Gasteiger partial charge in [0, 0.05) is 30.1 Å². The topological polar surface area (TPSA) is 75.0 Å². The van der Waals surface area contributed by atoms with Crippen LogP contribution in [0, 0.1) is 5.92 Å². The Morgan fingerprint density at radius 3 is 3.20 bits per heavy atom. The number of likely N-dealkylation sites (tertiary alicyclic amines) is 1. The molecule has 106 valence electrons. The molecule has 5 nitrogen and oxygen atoms in total. The average molecular weight is 272 g/mol. The zero-order valence-electron chi connectivity index (χ0n) is 11.7. The highest BCUT2D eigenvalue weighted by molar-refractivity contribution is 5.98. The molecule has 0 bridgehead atoms. The van der Waals surface area contributed by atoms with Gasteiger partial charge in [0.15, 0.2) is 0 Å². The van der Waals surface area contributed by atoms with E-state index in [1.165, 1.54) is 0 Å². The van der Waals surface area contributed by atoms with E-state index in [-0.39, 0.29) is 11.9 Å². The number of carbonyl (C=O) groups is 1. The molecule has 0 aliphatic carbocycles. The van der Waals surface area contributed by atoms with E-state index < -0.39 is 0 Å². The molecule has 0 radical (unpaired) electrons. The zero-order chi connectivity index (χ0) is 14.1. The molecule has 1 saturated heterocycles. The van der Waals surface area contributed by atoms with E-state index in [4.69, 9.17) is 5.73 Å². The number of nitrogens with zero attached hydrogens (tertiary/aromatic N) is 2. The average Bonchev–Trinajstić information content (AvgIpc) is 2.93. The minimum absolute atomic E-state index is 0.0788. The van der Waals surface area contributed by atoms with Gasteiger partial charge in [0.25, 0.3) is 5.91 Å². The molecule has 1 aliphatic rings. The predicted molar refractivity (Wildman–Crippen MR) is 78.4 cm³/mol. The van der Waals surface area contributed by atoms with Gasteiger partial charge in [-0.2, -0.15) is 5.10 Å². The van der Waals surface area contributed by atoms with Crippen LogP contribution in [0.5, 0.6) is 0 Å². The molecule has 3 N–H and O–H groups in total. The van der Waals surface area contributed by atoms with Crippen LogP contribution in [0.2, 0.25) is 0 Å². The highest BCUT2D eigenvalue weighted by Gasteiger charge is 2.31. The quantitative estimate of drug-likeness (QED) is 0.874. The van der Waals surface area contributed by atoms with Crippen molar-refractivity contribution in [2.24, 2.45) is 11.7 Å². The summed E-state index contributed by atoms with van der Waals surface area (Å²) in [5.74, 6) is 0.547. The number of nitrogens with two attached hydrogens (primary N) is 1. The second-order valence-electron chi connectivity index (χ2n) is 5.59. The third kappa shape index (κ3) is 2.18. The fourth-order valence-electron chi connectivity index (χ4n) is 3.10. The summed E-state index contributed by atoms with van der Waals surface area (Å²) in [7, 11) is 0. The van der Waals surface area contributed by atoms with Crippen molar-refractivity contribution in [3.8, 4) is 0 Å². The first-order valence-electron chi connectivity index (χ1n) is 7.15. The Bertz CT molecular complexity index is 621. The van der Waals surface area contributed by atoms with Crippen LogP contribution < -0.4 is 5.73 Å². The highest BCUT2D eigenvalue weighted by Crippen LogP contribution is 2.25. The molecule has 1 aromatic carbocycles. The summed E-state index contributed by atoms with van der Waals surface area (Å²) in [6.45, 7) is 3.51. The number of carbonyl (C=O) groups excluding carboxylic acids is 1. The lowest BCUT2D eigenvalue weighted by molar-refractivity contribution is 0.0533. The van der Waals surface area contributed by atoms with Crippen LogP contribution in [0.1, 0.15) is 30.1 Å². The van der Waals surface area contributed by atoms with Crippen LogP contribution in [0.25, 0.3) is 10.9 Å². The van der Waals surface area contributed by atoms with Crippen LogP contribution in [0.15, 0.2) is 24.4 Å². The van der Waals surface area contributed by atoms with Gasteiger partial charge in [-0.1, -0.05) is 6.92 Å². The summed E-state index contributed by atoms with van der Waals surface area (Å²) >= 11 is 0. The van der Waals surface area contributed by atoms with Crippen molar-refractivity contribution in [1.29, 1.82) is 0 Å². The normalized spacial score (nSPS) is 23.2. The first-order chi connectivity index (χ1) is 9.70. The Kier molecular flexibility index (Phi) is 3.44. The van der Waals surface area contributed by atoms with E-state index in [0.29, 0.717) is 18.0 Å². The first kappa shape index (κ1) is 13.1. The number of nitrogens with one attached hydrogen (secondary N) is 1. The lowest BCUT2D eigenvalue weighted by atomic mass is 9.90. The van der Waals surface area contributed by atoms with Gasteiger partial charge in [0.05, 0.1) is 11.7 Å². The molecule has 2 atom stereocenters. The van der Waals surface area contributed by atoms with E-state index in [2.05, 4.69) is 17.1 Å². The van der Waals surface area contributed by atoms with E-state index in [9.17, 15) is 4.79 Å². The van der Waals surface area contributed by atoms with Gasteiger partial charge in [-0.05, 0) is 37.0 Å². The first-order valence-corrected chi connectivity index (χ1v) is 7.15.